The average molecular weight is 570 g/mol. The second-order valence-corrected chi connectivity index (χ2v) is 11.7. The summed E-state index contributed by atoms with van der Waals surface area (Å²) in [5.41, 5.74) is 4.40. The third kappa shape index (κ3) is 6.49. The van der Waals surface area contributed by atoms with E-state index in [0.29, 0.717) is 25.9 Å². The van der Waals surface area contributed by atoms with Crippen molar-refractivity contribution in [1.29, 1.82) is 0 Å². The monoisotopic (exact) mass is 569 g/mol. The number of fused-ring (bicyclic) bond motifs is 3. The van der Waals surface area contributed by atoms with E-state index in [0.717, 1.165) is 28.8 Å². The van der Waals surface area contributed by atoms with Gasteiger partial charge in [-0.2, -0.15) is 0 Å². The number of ether oxygens (including phenoxy) is 1. The molecule has 2 amide bonds. The number of nitrogens with one attached hydrogen (secondary N) is 2. The van der Waals surface area contributed by atoms with Gasteiger partial charge >= 0.3 is 12.1 Å². The highest BCUT2D eigenvalue weighted by Gasteiger charge is 2.43. The van der Waals surface area contributed by atoms with Gasteiger partial charge in [-0.05, 0) is 46.6 Å². The van der Waals surface area contributed by atoms with Gasteiger partial charge in [0.25, 0.3) is 0 Å². The van der Waals surface area contributed by atoms with Gasteiger partial charge in [-0.25, -0.2) is 9.59 Å². The molecule has 8 nitrogen and oxygen atoms in total. The Bertz CT molecular complexity index is 1370. The van der Waals surface area contributed by atoms with Crippen LogP contribution in [0.3, 0.4) is 0 Å². The Morgan fingerprint density at radius 2 is 1.48 bits per heavy atom. The van der Waals surface area contributed by atoms with Crippen molar-refractivity contribution < 1.29 is 24.2 Å². The molecule has 1 fully saturated rings. The van der Waals surface area contributed by atoms with Crippen LogP contribution in [0.5, 0.6) is 0 Å². The SMILES string of the molecule is CC(C)C(CC(=O)NC1(C(=O)O)CCN(Cc2ccccc2)CC1)NC(=O)OCC1c2ccccc2-c2ccccc21. The number of amides is 2. The Morgan fingerprint density at radius 3 is 2.05 bits per heavy atom. The molecule has 3 N–H and O–H groups in total. The predicted molar refractivity (Wildman–Crippen MR) is 161 cm³/mol. The second-order valence-electron chi connectivity index (χ2n) is 11.7. The number of alkyl carbamates (subject to hydrolysis) is 1. The van der Waals surface area contributed by atoms with Crippen molar-refractivity contribution in [3.05, 3.63) is 95.6 Å². The van der Waals surface area contributed by atoms with Gasteiger partial charge in [0.05, 0.1) is 0 Å². The summed E-state index contributed by atoms with van der Waals surface area (Å²) in [5.74, 6) is -1.55. The van der Waals surface area contributed by atoms with E-state index in [1.54, 1.807) is 0 Å². The molecule has 1 saturated heterocycles. The molecule has 42 heavy (non-hydrogen) atoms. The summed E-state index contributed by atoms with van der Waals surface area (Å²) >= 11 is 0. The molecule has 3 aromatic carbocycles. The third-order valence-electron chi connectivity index (χ3n) is 8.60. The number of carbonyl (C=O) groups excluding carboxylic acids is 2. The van der Waals surface area contributed by atoms with Crippen molar-refractivity contribution in [2.24, 2.45) is 5.92 Å². The molecule has 1 aliphatic heterocycles. The number of hydrogen-bond donors (Lipinski definition) is 3. The van der Waals surface area contributed by atoms with Crippen LogP contribution in [0.4, 0.5) is 4.79 Å². The zero-order valence-electron chi connectivity index (χ0n) is 24.2. The first kappa shape index (κ1) is 29.3. The normalized spacial score (nSPS) is 16.7. The summed E-state index contributed by atoms with van der Waals surface area (Å²) in [4.78, 5) is 40.6. The summed E-state index contributed by atoms with van der Waals surface area (Å²) in [6, 6.07) is 25.8. The molecule has 0 aromatic heterocycles. The number of carboxylic acids is 1. The summed E-state index contributed by atoms with van der Waals surface area (Å²) in [6.45, 7) is 5.87. The number of carboxylic acid groups (broad SMARTS) is 1. The lowest BCUT2D eigenvalue weighted by atomic mass is 9.86. The molecule has 0 saturated carbocycles. The molecule has 3 aromatic rings. The van der Waals surface area contributed by atoms with Crippen molar-refractivity contribution in [3.63, 3.8) is 0 Å². The molecule has 0 radical (unpaired) electrons. The first-order valence-electron chi connectivity index (χ1n) is 14.7. The number of likely N-dealkylation sites (tertiary alicyclic amines) is 1. The van der Waals surface area contributed by atoms with Gasteiger partial charge < -0.3 is 20.5 Å². The van der Waals surface area contributed by atoms with Gasteiger partial charge in [-0.15, -0.1) is 0 Å². The standard InChI is InChI=1S/C34H39N3O5/c1-23(2)30(35-33(41)42-22-29-27-14-8-6-12-25(27)26-13-7-9-15-28(26)29)20-31(38)36-34(32(39)40)16-18-37(19-17-34)21-24-10-4-3-5-11-24/h3-15,23,29-30H,16-22H2,1-2H3,(H,35,41)(H,36,38)(H,39,40). The Hall–Kier alpha value is -4.17. The van der Waals surface area contributed by atoms with Crippen molar-refractivity contribution in [1.82, 2.24) is 15.5 Å². The van der Waals surface area contributed by atoms with Gasteiger partial charge in [0, 0.05) is 38.0 Å². The maximum absolute atomic E-state index is 13.2. The topological polar surface area (TPSA) is 108 Å². The zero-order chi connectivity index (χ0) is 29.7. The second kappa shape index (κ2) is 12.8. The number of carbonyl (C=O) groups is 3. The molecule has 5 rings (SSSR count). The van der Waals surface area contributed by atoms with Crippen molar-refractivity contribution in [3.8, 4) is 11.1 Å². The number of hydrogen-bond acceptors (Lipinski definition) is 5. The molecular weight excluding hydrogens is 530 g/mol. The highest BCUT2D eigenvalue weighted by atomic mass is 16.5. The molecule has 1 heterocycles. The lowest BCUT2D eigenvalue weighted by Crippen LogP contribution is -2.60. The molecular formula is C34H39N3O5. The molecule has 8 heteroatoms. The predicted octanol–water partition coefficient (Wildman–Crippen LogP) is 5.18. The van der Waals surface area contributed by atoms with Crippen LogP contribution in [0.25, 0.3) is 11.1 Å². The first-order chi connectivity index (χ1) is 20.3. The number of rotatable bonds is 10. The van der Waals surface area contributed by atoms with E-state index in [1.807, 2.05) is 56.3 Å². The number of aliphatic carboxylic acids is 1. The molecule has 1 unspecified atom stereocenters. The van der Waals surface area contributed by atoms with Gasteiger partial charge in [-0.3, -0.25) is 9.69 Å². The molecule has 1 aliphatic carbocycles. The Balaban J connectivity index is 1.15. The minimum Gasteiger partial charge on any atom is -0.480 e. The van der Waals surface area contributed by atoms with E-state index in [1.165, 1.54) is 5.56 Å². The van der Waals surface area contributed by atoms with Crippen LogP contribution >= 0.6 is 0 Å². The first-order valence-corrected chi connectivity index (χ1v) is 14.7. The largest absolute Gasteiger partial charge is 0.480 e. The number of benzene rings is 3. The molecule has 0 spiro atoms. The fraction of sp³-hybridized carbons (Fsp3) is 0.382. The summed E-state index contributed by atoms with van der Waals surface area (Å²) in [7, 11) is 0. The fourth-order valence-corrected chi connectivity index (χ4v) is 6.09. The minimum absolute atomic E-state index is 0.0371. The van der Waals surface area contributed by atoms with E-state index < -0.39 is 29.6 Å². The van der Waals surface area contributed by atoms with Crippen LogP contribution in [-0.2, 0) is 20.9 Å². The van der Waals surface area contributed by atoms with Crippen LogP contribution in [0.2, 0.25) is 0 Å². The van der Waals surface area contributed by atoms with E-state index in [-0.39, 0.29) is 24.9 Å². The van der Waals surface area contributed by atoms with Crippen molar-refractivity contribution in [2.45, 2.75) is 57.2 Å². The number of piperidine rings is 1. The average Bonchev–Trinajstić information content (AvgIpc) is 3.31. The quantitative estimate of drug-likeness (QED) is 0.311. The van der Waals surface area contributed by atoms with Crippen LogP contribution < -0.4 is 10.6 Å². The Morgan fingerprint density at radius 1 is 0.905 bits per heavy atom. The van der Waals surface area contributed by atoms with Crippen LogP contribution in [0.1, 0.15) is 55.7 Å². The maximum Gasteiger partial charge on any atom is 0.407 e. The lowest BCUT2D eigenvalue weighted by molar-refractivity contribution is -0.150. The third-order valence-corrected chi connectivity index (χ3v) is 8.60. The minimum atomic E-state index is -1.32. The van der Waals surface area contributed by atoms with Crippen LogP contribution in [-0.4, -0.2) is 59.3 Å². The Labute approximate surface area is 247 Å². The smallest absolute Gasteiger partial charge is 0.407 e. The van der Waals surface area contributed by atoms with Crippen molar-refractivity contribution >= 4 is 18.0 Å². The fourth-order valence-electron chi connectivity index (χ4n) is 6.09. The molecule has 1 atom stereocenters. The summed E-state index contributed by atoms with van der Waals surface area (Å²) in [5, 5.41) is 15.8. The lowest BCUT2D eigenvalue weighted by Gasteiger charge is -2.39. The zero-order valence-corrected chi connectivity index (χ0v) is 24.2. The van der Waals surface area contributed by atoms with E-state index in [9.17, 15) is 19.5 Å². The molecule has 0 bridgehead atoms. The Kier molecular flexibility index (Phi) is 8.92. The summed E-state index contributed by atoms with van der Waals surface area (Å²) in [6.07, 6.45) is -0.00407. The van der Waals surface area contributed by atoms with Crippen LogP contribution in [0.15, 0.2) is 78.9 Å². The van der Waals surface area contributed by atoms with Crippen LogP contribution in [0, 0.1) is 5.92 Å². The van der Waals surface area contributed by atoms with Gasteiger partial charge in [0.2, 0.25) is 5.91 Å². The van der Waals surface area contributed by atoms with Gasteiger partial charge in [0.1, 0.15) is 12.1 Å². The molecule has 2 aliphatic rings. The highest BCUT2D eigenvalue weighted by molar-refractivity contribution is 5.87. The maximum atomic E-state index is 13.2. The van der Waals surface area contributed by atoms with E-state index >= 15 is 0 Å². The highest BCUT2D eigenvalue weighted by Crippen LogP contribution is 2.44. The van der Waals surface area contributed by atoms with Crippen molar-refractivity contribution in [2.75, 3.05) is 19.7 Å². The van der Waals surface area contributed by atoms with Gasteiger partial charge in [-0.1, -0.05) is 92.7 Å². The van der Waals surface area contributed by atoms with E-state index in [4.69, 9.17) is 4.74 Å². The van der Waals surface area contributed by atoms with Gasteiger partial charge in [0.15, 0.2) is 0 Å². The molecule has 220 valence electrons. The summed E-state index contributed by atoms with van der Waals surface area (Å²) < 4.78 is 5.69. The van der Waals surface area contributed by atoms with E-state index in [2.05, 4.69) is 51.9 Å². The number of nitrogens with zero attached hydrogens (tertiary/aromatic N) is 1.